The van der Waals surface area contributed by atoms with Crippen LogP contribution in [-0.2, 0) is 42.9 Å². The minimum Gasteiger partial charge on any atom is -0.462 e. The largest absolute Gasteiger partial charge is 0.462 e. The van der Waals surface area contributed by atoms with Crippen LogP contribution in [0, 0.1) is 17.3 Å². The molecular formula is C26H36O12. The van der Waals surface area contributed by atoms with Gasteiger partial charge in [0.15, 0.2) is 17.3 Å². The zero-order valence-electron chi connectivity index (χ0n) is 22.5. The first kappa shape index (κ1) is 28.5. The van der Waals surface area contributed by atoms with Crippen molar-refractivity contribution in [2.24, 2.45) is 17.3 Å². The maximum absolute atomic E-state index is 13.0. The Kier molecular flexibility index (Phi) is 6.96. The van der Waals surface area contributed by atoms with Crippen LogP contribution in [0.3, 0.4) is 0 Å². The number of aliphatic hydroxyl groups is 3. The molecular weight excluding hydrogens is 504 g/mol. The van der Waals surface area contributed by atoms with Gasteiger partial charge in [0, 0.05) is 33.1 Å². The quantitative estimate of drug-likeness (QED) is 0.188. The first-order valence-corrected chi connectivity index (χ1v) is 12.7. The molecule has 2 saturated heterocycles. The van der Waals surface area contributed by atoms with Crippen LogP contribution in [0.5, 0.6) is 0 Å². The monoisotopic (exact) mass is 540 g/mol. The number of esters is 4. The fraction of sp³-hybridized carbons (Fsp3) is 0.769. The summed E-state index contributed by atoms with van der Waals surface area (Å²) in [5.41, 5.74) is -4.60. The highest BCUT2D eigenvalue weighted by Gasteiger charge is 2.88. The van der Waals surface area contributed by atoms with Gasteiger partial charge in [-0.3, -0.25) is 14.4 Å². The predicted molar refractivity (Wildman–Crippen MR) is 126 cm³/mol. The van der Waals surface area contributed by atoms with Crippen LogP contribution >= 0.6 is 0 Å². The molecule has 0 aromatic heterocycles. The normalized spacial score (nSPS) is 49.2. The average molecular weight is 541 g/mol. The molecule has 38 heavy (non-hydrogen) atoms. The zero-order valence-corrected chi connectivity index (χ0v) is 22.5. The Bertz CT molecular complexity index is 1070. The molecule has 1 saturated carbocycles. The Balaban J connectivity index is 2.06. The molecule has 0 aromatic carbocycles. The first-order chi connectivity index (χ1) is 17.5. The first-order valence-electron chi connectivity index (χ1n) is 12.7. The summed E-state index contributed by atoms with van der Waals surface area (Å²) in [6.07, 6.45) is -8.09. The highest BCUT2D eigenvalue weighted by atomic mass is 16.7. The summed E-state index contributed by atoms with van der Waals surface area (Å²) in [7, 11) is 0. The van der Waals surface area contributed by atoms with Crippen molar-refractivity contribution in [1.82, 2.24) is 0 Å². The van der Waals surface area contributed by atoms with Gasteiger partial charge in [-0.1, -0.05) is 19.9 Å². The molecule has 12 nitrogen and oxygen atoms in total. The van der Waals surface area contributed by atoms with E-state index in [1.807, 2.05) is 0 Å². The van der Waals surface area contributed by atoms with Crippen molar-refractivity contribution in [2.45, 2.75) is 109 Å². The lowest BCUT2D eigenvalue weighted by Gasteiger charge is -2.57. The average Bonchev–Trinajstić information content (AvgIpc) is 3.37. The van der Waals surface area contributed by atoms with Gasteiger partial charge in [-0.15, -0.1) is 0 Å². The van der Waals surface area contributed by atoms with Crippen LogP contribution in [0.2, 0.25) is 0 Å². The second-order valence-electron chi connectivity index (χ2n) is 11.3. The number of rotatable bonds is 3. The van der Waals surface area contributed by atoms with Gasteiger partial charge in [-0.2, -0.15) is 0 Å². The SMILES string of the molecule is CC(=O)O[C@H]1C[C@H](O)[C@H](C)[C@@H]2[C@H](OC(C)=O)[C@]34O[C@@]3(C)C(=O)O[C@H]4[C@H](O)/C(C)=C/[C@H](O)[C@H](OC(C)=O)[C@]21C. The number of epoxide rings is 1. The maximum Gasteiger partial charge on any atom is 0.342 e. The summed E-state index contributed by atoms with van der Waals surface area (Å²) < 4.78 is 28.8. The second-order valence-corrected chi connectivity index (χ2v) is 11.3. The third kappa shape index (κ3) is 3.95. The molecule has 2 heterocycles. The second kappa shape index (κ2) is 9.29. The van der Waals surface area contributed by atoms with Crippen molar-refractivity contribution in [2.75, 3.05) is 0 Å². The van der Waals surface area contributed by atoms with Crippen LogP contribution in [0.4, 0.5) is 0 Å². The Morgan fingerprint density at radius 2 is 1.53 bits per heavy atom. The van der Waals surface area contributed by atoms with Gasteiger partial charge >= 0.3 is 23.9 Å². The Morgan fingerprint density at radius 1 is 0.974 bits per heavy atom. The van der Waals surface area contributed by atoms with Gasteiger partial charge in [-0.25, -0.2) is 4.79 Å². The lowest BCUT2D eigenvalue weighted by molar-refractivity contribution is -0.242. The number of aliphatic hydroxyl groups excluding tert-OH is 3. The molecule has 2 aliphatic carbocycles. The molecule has 1 spiro atoms. The topological polar surface area (TPSA) is 178 Å². The number of ether oxygens (including phenoxy) is 5. The van der Waals surface area contributed by atoms with Gasteiger partial charge < -0.3 is 39.0 Å². The Labute approximate surface area is 220 Å². The number of hydrogen-bond acceptors (Lipinski definition) is 12. The van der Waals surface area contributed by atoms with Gasteiger partial charge in [0.05, 0.1) is 11.5 Å². The van der Waals surface area contributed by atoms with E-state index in [0.717, 1.165) is 13.8 Å². The van der Waals surface area contributed by atoms with Crippen molar-refractivity contribution in [3.05, 3.63) is 11.6 Å². The van der Waals surface area contributed by atoms with E-state index in [2.05, 4.69) is 0 Å². The lowest BCUT2D eigenvalue weighted by atomic mass is 9.53. The van der Waals surface area contributed by atoms with Crippen LogP contribution in [-0.4, -0.2) is 93.1 Å². The minimum atomic E-state index is -1.69. The molecule has 0 radical (unpaired) electrons. The summed E-state index contributed by atoms with van der Waals surface area (Å²) in [6, 6.07) is 0. The van der Waals surface area contributed by atoms with E-state index in [-0.39, 0.29) is 12.0 Å². The van der Waals surface area contributed by atoms with E-state index in [1.54, 1.807) is 13.8 Å². The van der Waals surface area contributed by atoms with E-state index in [1.165, 1.54) is 26.8 Å². The Morgan fingerprint density at radius 3 is 2.05 bits per heavy atom. The summed E-state index contributed by atoms with van der Waals surface area (Å²) >= 11 is 0. The smallest absolute Gasteiger partial charge is 0.342 e. The van der Waals surface area contributed by atoms with Crippen molar-refractivity contribution in [3.8, 4) is 0 Å². The van der Waals surface area contributed by atoms with Gasteiger partial charge in [0.2, 0.25) is 0 Å². The van der Waals surface area contributed by atoms with Crippen LogP contribution in [0.15, 0.2) is 11.6 Å². The summed E-state index contributed by atoms with van der Waals surface area (Å²) in [5, 5.41) is 33.8. The van der Waals surface area contributed by atoms with Gasteiger partial charge in [0.25, 0.3) is 0 Å². The lowest BCUT2D eigenvalue weighted by Crippen LogP contribution is -2.68. The number of carbonyl (C=O) groups is 4. The molecule has 0 aromatic rings. The molecule has 3 fully saturated rings. The summed E-state index contributed by atoms with van der Waals surface area (Å²) in [5.74, 6) is -4.70. The molecule has 12 atom stereocenters. The molecule has 4 rings (SSSR count). The molecule has 0 bridgehead atoms. The van der Waals surface area contributed by atoms with Crippen LogP contribution in [0.25, 0.3) is 0 Å². The van der Waals surface area contributed by atoms with Crippen LogP contribution < -0.4 is 0 Å². The number of carbonyl (C=O) groups excluding carboxylic acids is 4. The highest BCUT2D eigenvalue weighted by Crippen LogP contribution is 2.66. The van der Waals surface area contributed by atoms with Crippen molar-refractivity contribution in [3.63, 3.8) is 0 Å². The van der Waals surface area contributed by atoms with Crippen LogP contribution in [0.1, 0.15) is 54.9 Å². The molecule has 212 valence electrons. The fourth-order valence-electron chi connectivity index (χ4n) is 7.05. The minimum absolute atomic E-state index is 0.0691. The van der Waals surface area contributed by atoms with E-state index < -0.39 is 95.1 Å². The number of fused-ring (bicyclic) bond motifs is 1. The van der Waals surface area contributed by atoms with E-state index in [9.17, 15) is 34.5 Å². The molecule has 2 aliphatic heterocycles. The summed E-state index contributed by atoms with van der Waals surface area (Å²) in [4.78, 5) is 50.1. The van der Waals surface area contributed by atoms with Crippen molar-refractivity contribution in [1.29, 1.82) is 0 Å². The molecule has 0 unspecified atom stereocenters. The third-order valence-corrected chi connectivity index (χ3v) is 8.92. The van der Waals surface area contributed by atoms with E-state index in [4.69, 9.17) is 23.7 Å². The van der Waals surface area contributed by atoms with Gasteiger partial charge in [-0.05, 0) is 25.3 Å². The third-order valence-electron chi connectivity index (χ3n) is 8.92. The van der Waals surface area contributed by atoms with Crippen molar-refractivity contribution >= 4 is 23.9 Å². The standard InChI is InChI=1S/C26H36O12/c1-10-8-16(31)20(35-13(4)28)24(6)17(34-12(3)27)9-15(30)11(2)18(24)21(36-14(5)29)26-22(19(10)32)37-23(33)25(26,7)38-26/h8,11,15-22,30-32H,9H2,1-7H3/b10-8+/t11-,15-,16-,17-,18+,19+,20-,21-,22-,24-,25-,26+/m0/s1. The summed E-state index contributed by atoms with van der Waals surface area (Å²) in [6.45, 7) is 9.75. The molecule has 12 heteroatoms. The number of hydrogen-bond donors (Lipinski definition) is 3. The van der Waals surface area contributed by atoms with E-state index >= 15 is 0 Å². The Hall–Kier alpha value is -2.54. The molecule has 0 amide bonds. The zero-order chi connectivity index (χ0) is 28.5. The van der Waals surface area contributed by atoms with Crippen molar-refractivity contribution < 1.29 is 58.2 Å². The van der Waals surface area contributed by atoms with Gasteiger partial charge in [0.1, 0.15) is 30.5 Å². The van der Waals surface area contributed by atoms with E-state index in [0.29, 0.717) is 0 Å². The molecule has 4 aliphatic rings. The molecule has 3 N–H and O–H groups in total. The maximum atomic E-state index is 13.0. The predicted octanol–water partition coefficient (Wildman–Crippen LogP) is -0.0605. The highest BCUT2D eigenvalue weighted by molar-refractivity contribution is 5.89. The fourth-order valence-corrected chi connectivity index (χ4v) is 7.05.